The second-order valence-corrected chi connectivity index (χ2v) is 8.48. The molecule has 0 heterocycles. The SMILES string of the molecule is CCCCCC[N+](CCCCCC)(CCCCCC)CCCCCC.Cl. The molecule has 0 fully saturated rings. The summed E-state index contributed by atoms with van der Waals surface area (Å²) in [7, 11) is 0. The second kappa shape index (κ2) is 21.5. The maximum atomic E-state index is 2.34. The minimum atomic E-state index is 0. The Morgan fingerprint density at radius 3 is 0.769 bits per heavy atom. The molecular weight excluding hydrogens is 338 g/mol. The van der Waals surface area contributed by atoms with Crippen molar-refractivity contribution in [3.05, 3.63) is 0 Å². The number of rotatable bonds is 20. The van der Waals surface area contributed by atoms with Crippen molar-refractivity contribution < 1.29 is 4.48 Å². The van der Waals surface area contributed by atoms with E-state index in [1.54, 1.807) is 0 Å². The highest BCUT2D eigenvalue weighted by atomic mass is 35.5. The van der Waals surface area contributed by atoms with Gasteiger partial charge in [0.15, 0.2) is 0 Å². The second-order valence-electron chi connectivity index (χ2n) is 8.48. The standard InChI is InChI=1S/C24H52N.ClH/c1-5-9-13-17-21-25(22-18-14-10-6-2,23-19-15-11-7-3)24-20-16-12-8-4;/h5-24H2,1-4H3;1H/q+1;. The zero-order valence-corrected chi connectivity index (χ0v) is 19.8. The highest BCUT2D eigenvalue weighted by Crippen LogP contribution is 2.19. The lowest BCUT2D eigenvalue weighted by atomic mass is 10.1. The molecule has 1 nitrogen and oxygen atoms in total. The van der Waals surface area contributed by atoms with Gasteiger partial charge in [-0.25, -0.2) is 0 Å². The lowest BCUT2D eigenvalue weighted by Gasteiger charge is -2.39. The number of nitrogens with zero attached hydrogens (tertiary/aromatic N) is 1. The molecule has 0 radical (unpaired) electrons. The van der Waals surface area contributed by atoms with Gasteiger partial charge >= 0.3 is 0 Å². The molecule has 0 atom stereocenters. The van der Waals surface area contributed by atoms with E-state index in [1.807, 2.05) is 0 Å². The Morgan fingerprint density at radius 1 is 0.346 bits per heavy atom. The van der Waals surface area contributed by atoms with Gasteiger partial charge in [0.1, 0.15) is 0 Å². The van der Waals surface area contributed by atoms with Crippen molar-refractivity contribution in [1.29, 1.82) is 0 Å². The minimum Gasteiger partial charge on any atom is -0.324 e. The molecule has 160 valence electrons. The van der Waals surface area contributed by atoms with Crippen LogP contribution in [0.25, 0.3) is 0 Å². The van der Waals surface area contributed by atoms with Crippen LogP contribution in [0.1, 0.15) is 130 Å². The normalized spacial score (nSPS) is 11.5. The van der Waals surface area contributed by atoms with Crippen LogP contribution in [0.3, 0.4) is 0 Å². The highest BCUT2D eigenvalue weighted by molar-refractivity contribution is 5.85. The number of hydrogen-bond donors (Lipinski definition) is 0. The van der Waals surface area contributed by atoms with Gasteiger partial charge in [-0.05, 0) is 51.4 Å². The van der Waals surface area contributed by atoms with E-state index in [4.69, 9.17) is 0 Å². The quantitative estimate of drug-likeness (QED) is 0.144. The zero-order valence-electron chi connectivity index (χ0n) is 19.0. The van der Waals surface area contributed by atoms with Gasteiger partial charge in [0.05, 0.1) is 26.2 Å². The van der Waals surface area contributed by atoms with Gasteiger partial charge in [-0.1, -0.05) is 79.1 Å². The van der Waals surface area contributed by atoms with E-state index in [0.717, 1.165) is 0 Å². The summed E-state index contributed by atoms with van der Waals surface area (Å²) >= 11 is 0. The largest absolute Gasteiger partial charge is 0.324 e. The molecule has 0 aromatic heterocycles. The molecule has 0 rings (SSSR count). The summed E-state index contributed by atoms with van der Waals surface area (Å²) in [6, 6.07) is 0. The van der Waals surface area contributed by atoms with Crippen molar-refractivity contribution in [2.24, 2.45) is 0 Å². The number of unbranched alkanes of at least 4 members (excludes halogenated alkanes) is 12. The number of halogens is 1. The van der Waals surface area contributed by atoms with Crippen molar-refractivity contribution in [3.63, 3.8) is 0 Å². The lowest BCUT2D eigenvalue weighted by Crippen LogP contribution is -2.50. The Labute approximate surface area is 173 Å². The number of quaternary nitrogens is 1. The molecule has 0 amide bonds. The first kappa shape index (κ1) is 28.5. The summed E-state index contributed by atoms with van der Waals surface area (Å²) in [6.07, 6.45) is 22.8. The van der Waals surface area contributed by atoms with Crippen molar-refractivity contribution in [1.82, 2.24) is 0 Å². The summed E-state index contributed by atoms with van der Waals surface area (Å²) in [5.41, 5.74) is 0. The third-order valence-corrected chi connectivity index (χ3v) is 5.94. The van der Waals surface area contributed by atoms with Gasteiger partial charge in [0.25, 0.3) is 0 Å². The van der Waals surface area contributed by atoms with E-state index in [9.17, 15) is 0 Å². The molecule has 0 aromatic rings. The van der Waals surface area contributed by atoms with E-state index in [-0.39, 0.29) is 12.4 Å². The zero-order chi connectivity index (χ0) is 18.6. The van der Waals surface area contributed by atoms with Crippen LogP contribution in [-0.4, -0.2) is 30.7 Å². The van der Waals surface area contributed by atoms with E-state index in [2.05, 4.69) is 27.7 Å². The lowest BCUT2D eigenvalue weighted by molar-refractivity contribution is -0.929. The first-order valence-electron chi connectivity index (χ1n) is 12.1. The van der Waals surface area contributed by atoms with Crippen LogP contribution in [0.4, 0.5) is 0 Å². The predicted octanol–water partition coefficient (Wildman–Crippen LogP) is 8.55. The van der Waals surface area contributed by atoms with Gasteiger partial charge < -0.3 is 4.48 Å². The molecule has 0 N–H and O–H groups in total. The van der Waals surface area contributed by atoms with Gasteiger partial charge in [0.2, 0.25) is 0 Å². The summed E-state index contributed by atoms with van der Waals surface area (Å²) in [5.74, 6) is 0. The molecule has 0 unspecified atom stereocenters. The first-order valence-corrected chi connectivity index (χ1v) is 12.1. The fraction of sp³-hybridized carbons (Fsp3) is 1.00. The van der Waals surface area contributed by atoms with Crippen molar-refractivity contribution in [2.75, 3.05) is 26.2 Å². The van der Waals surface area contributed by atoms with Crippen LogP contribution in [-0.2, 0) is 0 Å². The van der Waals surface area contributed by atoms with Crippen LogP contribution in [0, 0.1) is 0 Å². The summed E-state index contributed by atoms with van der Waals surface area (Å²) in [6.45, 7) is 15.2. The van der Waals surface area contributed by atoms with Gasteiger partial charge in [-0.2, -0.15) is 0 Å². The third kappa shape index (κ3) is 16.4. The molecular formula is C24H53ClN+. The monoisotopic (exact) mass is 390 g/mol. The van der Waals surface area contributed by atoms with Crippen LogP contribution in [0.5, 0.6) is 0 Å². The maximum Gasteiger partial charge on any atom is 0.0786 e. The van der Waals surface area contributed by atoms with E-state index in [0.29, 0.717) is 0 Å². The van der Waals surface area contributed by atoms with Gasteiger partial charge in [0, 0.05) is 0 Å². The van der Waals surface area contributed by atoms with Crippen LogP contribution >= 0.6 is 12.4 Å². The molecule has 26 heavy (non-hydrogen) atoms. The maximum absolute atomic E-state index is 2.34. The van der Waals surface area contributed by atoms with Crippen molar-refractivity contribution in [3.8, 4) is 0 Å². The average Bonchev–Trinajstić information content (AvgIpc) is 2.63. The molecule has 0 saturated heterocycles. The van der Waals surface area contributed by atoms with E-state index in [1.165, 1.54) is 133 Å². The fourth-order valence-corrected chi connectivity index (χ4v) is 4.17. The third-order valence-electron chi connectivity index (χ3n) is 5.94. The first-order chi connectivity index (χ1) is 12.2. The minimum absolute atomic E-state index is 0. The van der Waals surface area contributed by atoms with Gasteiger partial charge in [-0.3, -0.25) is 0 Å². The molecule has 0 aromatic carbocycles. The van der Waals surface area contributed by atoms with Crippen molar-refractivity contribution >= 4 is 12.4 Å². The number of hydrogen-bond acceptors (Lipinski definition) is 0. The fourth-order valence-electron chi connectivity index (χ4n) is 4.17. The molecule has 0 bridgehead atoms. The summed E-state index contributed by atoms with van der Waals surface area (Å²) < 4.78 is 1.46. The highest BCUT2D eigenvalue weighted by Gasteiger charge is 2.25. The molecule has 0 aliphatic rings. The van der Waals surface area contributed by atoms with Crippen LogP contribution in [0.15, 0.2) is 0 Å². The average molecular weight is 391 g/mol. The summed E-state index contributed by atoms with van der Waals surface area (Å²) in [4.78, 5) is 0. The Morgan fingerprint density at radius 2 is 0.577 bits per heavy atom. The van der Waals surface area contributed by atoms with E-state index >= 15 is 0 Å². The molecule has 0 saturated carbocycles. The van der Waals surface area contributed by atoms with Crippen molar-refractivity contribution in [2.45, 2.75) is 130 Å². The van der Waals surface area contributed by atoms with Crippen LogP contribution in [0.2, 0.25) is 0 Å². The Bertz CT molecular complexity index is 201. The molecule has 2 heteroatoms. The van der Waals surface area contributed by atoms with E-state index < -0.39 is 0 Å². The Hall–Kier alpha value is 0.250. The Kier molecular flexibility index (Phi) is 23.6. The summed E-state index contributed by atoms with van der Waals surface area (Å²) in [5, 5.41) is 0. The topological polar surface area (TPSA) is 0 Å². The van der Waals surface area contributed by atoms with Crippen LogP contribution < -0.4 is 0 Å². The molecule has 0 aliphatic carbocycles. The predicted molar refractivity (Wildman–Crippen MR) is 124 cm³/mol. The molecule has 0 aliphatic heterocycles. The van der Waals surface area contributed by atoms with Gasteiger partial charge in [-0.15, -0.1) is 12.4 Å². The Balaban J connectivity index is 0. The smallest absolute Gasteiger partial charge is 0.0786 e. The molecule has 0 spiro atoms.